The normalized spacial score (nSPS) is 12.4. The second-order valence-electron chi connectivity index (χ2n) is 9.63. The Hall–Kier alpha value is -3.84. The molecule has 1 amide bonds. The summed E-state index contributed by atoms with van der Waals surface area (Å²) in [7, 11) is 0. The summed E-state index contributed by atoms with van der Waals surface area (Å²) >= 11 is 3.53. The Morgan fingerprint density at radius 3 is 1.92 bits per heavy atom. The molecule has 6 nitrogen and oxygen atoms in total. The van der Waals surface area contributed by atoms with Crippen LogP contribution in [0.15, 0.2) is 94.8 Å². The molecule has 0 bridgehead atoms. The third kappa shape index (κ3) is 4.93. The third-order valence-electron chi connectivity index (χ3n) is 5.94. The first-order chi connectivity index (χ1) is 17.3. The van der Waals surface area contributed by atoms with E-state index in [1.165, 1.54) is 0 Å². The molecule has 182 valence electrons. The van der Waals surface area contributed by atoms with Crippen molar-refractivity contribution in [2.45, 2.75) is 32.3 Å². The lowest BCUT2D eigenvalue weighted by Crippen LogP contribution is -2.31. The molecule has 0 saturated heterocycles. The van der Waals surface area contributed by atoms with Crippen LogP contribution in [0.2, 0.25) is 0 Å². The number of carbonyl (C=O) groups excluding carboxylic acids is 1. The molecule has 0 atom stereocenters. The molecule has 0 spiro atoms. The van der Waals surface area contributed by atoms with E-state index in [2.05, 4.69) is 60.7 Å². The van der Waals surface area contributed by atoms with Crippen LogP contribution in [0, 0.1) is 0 Å². The summed E-state index contributed by atoms with van der Waals surface area (Å²) in [6.45, 7) is 5.48. The fraction of sp³-hybridized carbons (Fsp3) is 0.172. The molecule has 0 fully saturated rings. The Morgan fingerprint density at radius 1 is 0.861 bits per heavy atom. The van der Waals surface area contributed by atoms with Gasteiger partial charge in [-0.2, -0.15) is 5.10 Å². The number of rotatable bonds is 5. The standard InChI is InChI=1S/C29H27BrN4O2/c1-29(2,3)36-28(35)34-33-27(18-12-14-19(30)15-13-18)26(22-16-31-24-10-6-4-8-20(22)24)23-17-32-25-11-7-5-9-21(23)25/h4-17,26,31-32H,1-3H3,(H,34,35)/b33-27+. The molecule has 7 heteroatoms. The molecule has 0 radical (unpaired) electrons. The first-order valence-corrected chi connectivity index (χ1v) is 12.5. The van der Waals surface area contributed by atoms with Crippen LogP contribution in [-0.2, 0) is 4.74 Å². The van der Waals surface area contributed by atoms with Crippen molar-refractivity contribution in [3.05, 3.63) is 106 Å². The third-order valence-corrected chi connectivity index (χ3v) is 6.47. The van der Waals surface area contributed by atoms with E-state index >= 15 is 0 Å². The van der Waals surface area contributed by atoms with E-state index in [0.717, 1.165) is 43.0 Å². The first kappa shape index (κ1) is 23.9. The first-order valence-electron chi connectivity index (χ1n) is 11.7. The number of aromatic nitrogens is 2. The molecule has 5 rings (SSSR count). The molecule has 3 aromatic carbocycles. The van der Waals surface area contributed by atoms with Crippen molar-refractivity contribution in [3.8, 4) is 0 Å². The van der Waals surface area contributed by atoms with Crippen molar-refractivity contribution < 1.29 is 9.53 Å². The summed E-state index contributed by atoms with van der Waals surface area (Å²) in [6.07, 6.45) is 3.45. The minimum Gasteiger partial charge on any atom is -0.443 e. The number of aromatic amines is 2. The van der Waals surface area contributed by atoms with Gasteiger partial charge in [-0.1, -0.05) is 64.5 Å². The number of amides is 1. The van der Waals surface area contributed by atoms with Crippen LogP contribution < -0.4 is 5.43 Å². The molecule has 0 aliphatic rings. The van der Waals surface area contributed by atoms with E-state index in [4.69, 9.17) is 4.74 Å². The monoisotopic (exact) mass is 542 g/mol. The Bertz CT molecular complexity index is 1480. The fourth-order valence-corrected chi connectivity index (χ4v) is 4.72. The van der Waals surface area contributed by atoms with Gasteiger partial charge in [-0.3, -0.25) is 0 Å². The number of ether oxygens (including phenoxy) is 1. The van der Waals surface area contributed by atoms with Gasteiger partial charge in [0.25, 0.3) is 0 Å². The molecular formula is C29H27BrN4O2. The van der Waals surface area contributed by atoms with Crippen molar-refractivity contribution in [3.63, 3.8) is 0 Å². The van der Waals surface area contributed by atoms with Gasteiger partial charge in [-0.25, -0.2) is 10.2 Å². The zero-order chi connectivity index (χ0) is 25.3. The summed E-state index contributed by atoms with van der Waals surface area (Å²) in [4.78, 5) is 19.4. The van der Waals surface area contributed by atoms with E-state index in [1.54, 1.807) is 0 Å². The second kappa shape index (κ2) is 9.66. The molecule has 0 saturated carbocycles. The van der Waals surface area contributed by atoms with Gasteiger partial charge in [-0.15, -0.1) is 0 Å². The van der Waals surface area contributed by atoms with Crippen LogP contribution in [0.1, 0.15) is 43.4 Å². The SMILES string of the molecule is CC(C)(C)OC(=O)N/N=C(\c1ccc(Br)cc1)C(c1c[nH]c2ccccc12)c1c[nH]c2ccccc12. The highest BCUT2D eigenvalue weighted by Crippen LogP contribution is 2.37. The lowest BCUT2D eigenvalue weighted by Gasteiger charge is -2.21. The zero-order valence-electron chi connectivity index (χ0n) is 20.3. The quantitative estimate of drug-likeness (QED) is 0.159. The molecule has 0 aliphatic heterocycles. The number of para-hydroxylation sites is 2. The van der Waals surface area contributed by atoms with Crippen molar-refractivity contribution >= 4 is 49.5 Å². The molecule has 5 aromatic rings. The topological polar surface area (TPSA) is 82.3 Å². The summed E-state index contributed by atoms with van der Waals surface area (Å²) in [5.74, 6) is -0.284. The van der Waals surface area contributed by atoms with Crippen molar-refractivity contribution in [1.29, 1.82) is 0 Å². The van der Waals surface area contributed by atoms with Crippen LogP contribution in [0.25, 0.3) is 21.8 Å². The highest BCUT2D eigenvalue weighted by molar-refractivity contribution is 9.10. The fourth-order valence-electron chi connectivity index (χ4n) is 4.45. The van der Waals surface area contributed by atoms with Gasteiger partial charge in [-0.05, 0) is 61.7 Å². The van der Waals surface area contributed by atoms with Crippen molar-refractivity contribution in [2.24, 2.45) is 5.10 Å². The number of nitrogens with one attached hydrogen (secondary N) is 3. The van der Waals surface area contributed by atoms with E-state index in [9.17, 15) is 4.79 Å². The second-order valence-corrected chi connectivity index (χ2v) is 10.5. The number of nitrogens with zero attached hydrogens (tertiary/aromatic N) is 1. The van der Waals surface area contributed by atoms with Crippen LogP contribution in [0.4, 0.5) is 4.79 Å². The zero-order valence-corrected chi connectivity index (χ0v) is 21.9. The number of benzene rings is 3. The predicted molar refractivity (Wildman–Crippen MR) is 148 cm³/mol. The number of carbonyl (C=O) groups is 1. The van der Waals surface area contributed by atoms with Gasteiger partial charge in [0.05, 0.1) is 11.6 Å². The lowest BCUT2D eigenvalue weighted by molar-refractivity contribution is 0.0529. The number of fused-ring (bicyclic) bond motifs is 2. The minimum absolute atomic E-state index is 0.284. The number of halogens is 1. The van der Waals surface area contributed by atoms with E-state index in [0.29, 0.717) is 5.71 Å². The van der Waals surface area contributed by atoms with Crippen LogP contribution >= 0.6 is 15.9 Å². The van der Waals surface area contributed by atoms with Gasteiger partial charge >= 0.3 is 6.09 Å². The highest BCUT2D eigenvalue weighted by atomic mass is 79.9. The van der Waals surface area contributed by atoms with Crippen LogP contribution in [0.5, 0.6) is 0 Å². The summed E-state index contributed by atoms with van der Waals surface area (Å²) in [5.41, 5.74) is 7.78. The van der Waals surface area contributed by atoms with E-state index in [1.807, 2.05) is 81.7 Å². The van der Waals surface area contributed by atoms with Gasteiger partial charge in [0.15, 0.2) is 0 Å². The van der Waals surface area contributed by atoms with Crippen molar-refractivity contribution in [1.82, 2.24) is 15.4 Å². The van der Waals surface area contributed by atoms with Gasteiger partial charge in [0.2, 0.25) is 0 Å². The number of hydrogen-bond donors (Lipinski definition) is 3. The average molecular weight is 543 g/mol. The predicted octanol–water partition coefficient (Wildman–Crippen LogP) is 7.47. The number of hydrazone groups is 1. The van der Waals surface area contributed by atoms with Gasteiger partial charge < -0.3 is 14.7 Å². The number of H-pyrrole nitrogens is 2. The molecule has 2 aromatic heterocycles. The average Bonchev–Trinajstić information content (AvgIpc) is 3.46. The molecule has 0 aliphatic carbocycles. The maximum atomic E-state index is 12.6. The van der Waals surface area contributed by atoms with E-state index in [-0.39, 0.29) is 5.92 Å². The Morgan fingerprint density at radius 2 is 1.39 bits per heavy atom. The summed E-state index contributed by atoms with van der Waals surface area (Å²) < 4.78 is 6.43. The maximum Gasteiger partial charge on any atom is 0.428 e. The summed E-state index contributed by atoms with van der Waals surface area (Å²) in [6, 6.07) is 24.3. The Labute approximate surface area is 217 Å². The summed E-state index contributed by atoms with van der Waals surface area (Å²) in [5, 5.41) is 6.87. The Balaban J connectivity index is 1.72. The van der Waals surface area contributed by atoms with Crippen LogP contribution in [0.3, 0.4) is 0 Å². The molecule has 36 heavy (non-hydrogen) atoms. The lowest BCUT2D eigenvalue weighted by atomic mass is 9.84. The Kier molecular flexibility index (Phi) is 6.41. The molecule has 0 unspecified atom stereocenters. The minimum atomic E-state index is -0.634. The van der Waals surface area contributed by atoms with E-state index < -0.39 is 11.7 Å². The van der Waals surface area contributed by atoms with Crippen molar-refractivity contribution in [2.75, 3.05) is 0 Å². The van der Waals surface area contributed by atoms with Gasteiger partial charge in [0.1, 0.15) is 5.60 Å². The van der Waals surface area contributed by atoms with Gasteiger partial charge in [0, 0.05) is 38.7 Å². The molecule has 2 heterocycles. The molecule has 3 N–H and O–H groups in total. The highest BCUT2D eigenvalue weighted by Gasteiger charge is 2.28. The largest absolute Gasteiger partial charge is 0.443 e. The maximum absolute atomic E-state index is 12.6. The molecular weight excluding hydrogens is 516 g/mol. The smallest absolute Gasteiger partial charge is 0.428 e. The number of hydrogen-bond acceptors (Lipinski definition) is 3. The van der Waals surface area contributed by atoms with Crippen LogP contribution in [-0.4, -0.2) is 27.4 Å².